The molecule has 0 heterocycles. The molecule has 0 aromatic heterocycles. The van der Waals surface area contributed by atoms with Crippen molar-refractivity contribution in [3.63, 3.8) is 0 Å². The lowest BCUT2D eigenvalue weighted by Gasteiger charge is -2.12. The highest BCUT2D eigenvalue weighted by molar-refractivity contribution is 5.49. The van der Waals surface area contributed by atoms with Crippen LogP contribution in [-0.4, -0.2) is 7.11 Å². The second-order valence-corrected chi connectivity index (χ2v) is 2.76. The van der Waals surface area contributed by atoms with Crippen LogP contribution in [0, 0.1) is 0 Å². The lowest BCUT2D eigenvalue weighted by atomic mass is 10.1. The maximum absolute atomic E-state index is 5.79. The van der Waals surface area contributed by atoms with Gasteiger partial charge >= 0.3 is 0 Å². The van der Waals surface area contributed by atoms with Gasteiger partial charge in [-0.05, 0) is 18.2 Å². The van der Waals surface area contributed by atoms with Crippen LogP contribution in [0.2, 0.25) is 0 Å². The molecule has 0 radical (unpaired) electrons. The molecule has 0 saturated heterocycles. The fraction of sp³-hybridized carbons (Fsp3) is 0.200. The average molecular weight is 178 g/mol. The molecule has 0 unspecified atom stereocenters. The van der Waals surface area contributed by atoms with E-state index in [1.54, 1.807) is 31.4 Å². The summed E-state index contributed by atoms with van der Waals surface area (Å²) in [5.74, 6) is 0.738. The Morgan fingerprint density at radius 1 is 1.54 bits per heavy atom. The van der Waals surface area contributed by atoms with Crippen LogP contribution in [0.4, 0.5) is 5.69 Å². The van der Waals surface area contributed by atoms with E-state index in [2.05, 4.69) is 6.58 Å². The van der Waals surface area contributed by atoms with Gasteiger partial charge in [0, 0.05) is 11.3 Å². The van der Waals surface area contributed by atoms with E-state index < -0.39 is 0 Å². The van der Waals surface area contributed by atoms with Gasteiger partial charge in [-0.25, -0.2) is 0 Å². The lowest BCUT2D eigenvalue weighted by Crippen LogP contribution is -2.08. The number of nitrogen functional groups attached to an aromatic ring is 1. The summed E-state index contributed by atoms with van der Waals surface area (Å²) in [5.41, 5.74) is 12.9. The Labute approximate surface area is 78.0 Å². The molecule has 0 aliphatic heterocycles. The molecule has 0 amide bonds. The van der Waals surface area contributed by atoms with Crippen LogP contribution in [0.5, 0.6) is 5.75 Å². The molecule has 1 atom stereocenters. The summed E-state index contributed by atoms with van der Waals surface area (Å²) >= 11 is 0. The molecular weight excluding hydrogens is 164 g/mol. The van der Waals surface area contributed by atoms with Crippen LogP contribution in [0.1, 0.15) is 11.6 Å². The van der Waals surface area contributed by atoms with Crippen molar-refractivity contribution in [2.45, 2.75) is 6.04 Å². The zero-order valence-corrected chi connectivity index (χ0v) is 7.66. The molecule has 1 aromatic carbocycles. The number of nitrogens with two attached hydrogens (primary N) is 2. The van der Waals surface area contributed by atoms with Gasteiger partial charge in [-0.2, -0.15) is 0 Å². The molecule has 0 aliphatic rings. The van der Waals surface area contributed by atoms with Crippen molar-refractivity contribution >= 4 is 5.69 Å². The van der Waals surface area contributed by atoms with Crippen molar-refractivity contribution in [1.29, 1.82) is 0 Å². The standard InChI is InChI=1S/C10H14N2O/c1-3-9(12)8-6-7(11)4-5-10(8)13-2/h3-6,9H,1,11-12H2,2H3/t9-/m0/s1. The minimum atomic E-state index is -0.238. The Hall–Kier alpha value is -1.48. The third-order valence-electron chi connectivity index (χ3n) is 1.87. The van der Waals surface area contributed by atoms with Gasteiger partial charge in [0.15, 0.2) is 0 Å². The van der Waals surface area contributed by atoms with E-state index >= 15 is 0 Å². The predicted octanol–water partition coefficient (Wildman–Crippen LogP) is 1.46. The van der Waals surface area contributed by atoms with Gasteiger partial charge in [0.05, 0.1) is 13.2 Å². The summed E-state index contributed by atoms with van der Waals surface area (Å²) in [6.07, 6.45) is 1.65. The Balaban J connectivity index is 3.14. The smallest absolute Gasteiger partial charge is 0.124 e. The molecule has 1 aromatic rings. The van der Waals surface area contributed by atoms with E-state index in [0.717, 1.165) is 11.3 Å². The Kier molecular flexibility index (Phi) is 2.93. The number of benzene rings is 1. The average Bonchev–Trinajstić information content (AvgIpc) is 2.16. The second-order valence-electron chi connectivity index (χ2n) is 2.76. The first-order valence-corrected chi connectivity index (χ1v) is 4.00. The number of ether oxygens (including phenoxy) is 1. The SMILES string of the molecule is C=C[C@H](N)c1cc(N)ccc1OC. The molecule has 0 bridgehead atoms. The molecule has 13 heavy (non-hydrogen) atoms. The number of hydrogen-bond donors (Lipinski definition) is 2. The Morgan fingerprint density at radius 3 is 2.77 bits per heavy atom. The van der Waals surface area contributed by atoms with E-state index in [-0.39, 0.29) is 6.04 Å². The molecule has 4 N–H and O–H groups in total. The van der Waals surface area contributed by atoms with Gasteiger partial charge in [0.25, 0.3) is 0 Å². The van der Waals surface area contributed by atoms with E-state index in [9.17, 15) is 0 Å². The van der Waals surface area contributed by atoms with Crippen molar-refractivity contribution in [1.82, 2.24) is 0 Å². The number of rotatable bonds is 3. The molecule has 3 nitrogen and oxygen atoms in total. The van der Waals surface area contributed by atoms with Crippen LogP contribution in [0.15, 0.2) is 30.9 Å². The first kappa shape index (κ1) is 9.61. The molecule has 1 rings (SSSR count). The molecule has 0 fully saturated rings. The highest BCUT2D eigenvalue weighted by Gasteiger charge is 2.08. The predicted molar refractivity (Wildman–Crippen MR) is 54.5 cm³/mol. The monoisotopic (exact) mass is 178 g/mol. The summed E-state index contributed by atoms with van der Waals surface area (Å²) in [5, 5.41) is 0. The number of anilines is 1. The second kappa shape index (κ2) is 3.96. The first-order chi connectivity index (χ1) is 6.19. The summed E-state index contributed by atoms with van der Waals surface area (Å²) < 4.78 is 5.14. The highest BCUT2D eigenvalue weighted by atomic mass is 16.5. The summed E-state index contributed by atoms with van der Waals surface area (Å²) in [7, 11) is 1.60. The molecule has 0 aliphatic carbocycles. The molecule has 3 heteroatoms. The van der Waals surface area contributed by atoms with Crippen LogP contribution in [0.25, 0.3) is 0 Å². The van der Waals surface area contributed by atoms with E-state index in [4.69, 9.17) is 16.2 Å². The van der Waals surface area contributed by atoms with Gasteiger partial charge in [0.1, 0.15) is 5.75 Å². The van der Waals surface area contributed by atoms with Crippen molar-refractivity contribution in [3.8, 4) is 5.75 Å². The Morgan fingerprint density at radius 2 is 2.23 bits per heavy atom. The van der Waals surface area contributed by atoms with Gasteiger partial charge in [-0.1, -0.05) is 6.08 Å². The summed E-state index contributed by atoms with van der Waals surface area (Å²) in [4.78, 5) is 0. The van der Waals surface area contributed by atoms with E-state index in [1.807, 2.05) is 0 Å². The molecule has 70 valence electrons. The van der Waals surface area contributed by atoms with Crippen molar-refractivity contribution in [2.24, 2.45) is 5.73 Å². The van der Waals surface area contributed by atoms with Crippen LogP contribution in [0.3, 0.4) is 0 Å². The molecule has 0 spiro atoms. The van der Waals surface area contributed by atoms with Crippen molar-refractivity contribution in [3.05, 3.63) is 36.4 Å². The Bertz CT molecular complexity index is 310. The van der Waals surface area contributed by atoms with Crippen molar-refractivity contribution < 1.29 is 4.74 Å². The van der Waals surface area contributed by atoms with Crippen molar-refractivity contribution in [2.75, 3.05) is 12.8 Å². The lowest BCUT2D eigenvalue weighted by molar-refractivity contribution is 0.408. The van der Waals surface area contributed by atoms with Gasteiger partial charge in [0.2, 0.25) is 0 Å². The van der Waals surface area contributed by atoms with Gasteiger partial charge in [-0.15, -0.1) is 6.58 Å². The minimum Gasteiger partial charge on any atom is -0.496 e. The van der Waals surface area contributed by atoms with Gasteiger partial charge < -0.3 is 16.2 Å². The van der Waals surface area contributed by atoms with Gasteiger partial charge in [-0.3, -0.25) is 0 Å². The van der Waals surface area contributed by atoms with E-state index in [0.29, 0.717) is 5.69 Å². The normalized spacial score (nSPS) is 12.2. The zero-order valence-electron chi connectivity index (χ0n) is 7.66. The third-order valence-corrected chi connectivity index (χ3v) is 1.87. The molecule has 0 saturated carbocycles. The number of methoxy groups -OCH3 is 1. The zero-order chi connectivity index (χ0) is 9.84. The molecular formula is C10H14N2O. The largest absolute Gasteiger partial charge is 0.496 e. The van der Waals surface area contributed by atoms with Crippen LogP contribution in [-0.2, 0) is 0 Å². The summed E-state index contributed by atoms with van der Waals surface area (Å²) in [6.45, 7) is 3.62. The fourth-order valence-corrected chi connectivity index (χ4v) is 1.14. The number of hydrogen-bond acceptors (Lipinski definition) is 3. The maximum Gasteiger partial charge on any atom is 0.124 e. The minimum absolute atomic E-state index is 0.238. The van der Waals surface area contributed by atoms with Crippen LogP contribution >= 0.6 is 0 Å². The van der Waals surface area contributed by atoms with E-state index in [1.165, 1.54) is 0 Å². The third kappa shape index (κ3) is 2.00. The van der Waals surface area contributed by atoms with Crippen LogP contribution < -0.4 is 16.2 Å². The first-order valence-electron chi connectivity index (χ1n) is 4.00. The highest BCUT2D eigenvalue weighted by Crippen LogP contribution is 2.26. The topological polar surface area (TPSA) is 61.3 Å². The fourth-order valence-electron chi connectivity index (χ4n) is 1.14. The quantitative estimate of drug-likeness (QED) is 0.544. The maximum atomic E-state index is 5.79. The summed E-state index contributed by atoms with van der Waals surface area (Å²) in [6, 6.07) is 5.13.